The van der Waals surface area contributed by atoms with Gasteiger partial charge in [-0.1, -0.05) is 25.4 Å². The van der Waals surface area contributed by atoms with Crippen molar-refractivity contribution in [3.63, 3.8) is 0 Å². The van der Waals surface area contributed by atoms with Crippen molar-refractivity contribution in [1.82, 2.24) is 10.6 Å². The number of rotatable bonds is 3. The highest BCUT2D eigenvalue weighted by molar-refractivity contribution is 9.10. The second-order valence-corrected chi connectivity index (χ2v) is 7.20. The second kappa shape index (κ2) is 6.46. The molecule has 0 radical (unpaired) electrons. The minimum Gasteiger partial charge on any atom is -0.350 e. The third-order valence-corrected chi connectivity index (χ3v) is 5.21. The molecule has 0 aromatic heterocycles. The summed E-state index contributed by atoms with van der Waals surface area (Å²) in [5, 5.41) is 7.03. The number of carbonyl (C=O) groups excluding carboxylic acids is 1. The summed E-state index contributed by atoms with van der Waals surface area (Å²) in [5.41, 5.74) is 0.801. The van der Waals surface area contributed by atoms with E-state index in [1.54, 1.807) is 18.2 Å². The van der Waals surface area contributed by atoms with Crippen molar-refractivity contribution in [3.05, 3.63) is 33.3 Å². The number of benzene rings is 1. The van der Waals surface area contributed by atoms with Gasteiger partial charge in [-0.05, 0) is 58.9 Å². The minimum atomic E-state index is -0.0810. The van der Waals surface area contributed by atoms with Gasteiger partial charge in [-0.25, -0.2) is 0 Å². The number of nitrogens with one attached hydrogen (secondary N) is 2. The Morgan fingerprint density at radius 1 is 1.55 bits per heavy atom. The highest BCUT2D eigenvalue weighted by Gasteiger charge is 2.31. The molecule has 2 N–H and O–H groups in total. The topological polar surface area (TPSA) is 41.1 Å². The fourth-order valence-electron chi connectivity index (χ4n) is 2.55. The van der Waals surface area contributed by atoms with E-state index in [1.807, 2.05) is 0 Å². The predicted molar refractivity (Wildman–Crippen MR) is 86.3 cm³/mol. The Bertz CT molecular complexity index is 505. The van der Waals surface area contributed by atoms with Crippen molar-refractivity contribution in [2.24, 2.45) is 5.41 Å². The SMILES string of the molecule is CC1(C)CCCNC1CNC(=O)c1ccc(Br)c(Cl)c1. The molecule has 1 heterocycles. The standard InChI is InChI=1S/C15H20BrClN2O/c1-15(2)6-3-7-18-13(15)9-19-14(20)10-4-5-11(16)12(17)8-10/h4-5,8,13,18H,3,6-7,9H2,1-2H3,(H,19,20). The van der Waals surface area contributed by atoms with E-state index in [9.17, 15) is 4.79 Å². The summed E-state index contributed by atoms with van der Waals surface area (Å²) in [6.07, 6.45) is 2.38. The average Bonchev–Trinajstić information content (AvgIpc) is 2.40. The molecule has 1 saturated heterocycles. The molecule has 20 heavy (non-hydrogen) atoms. The average molecular weight is 360 g/mol. The van der Waals surface area contributed by atoms with E-state index in [0.717, 1.165) is 11.0 Å². The van der Waals surface area contributed by atoms with Gasteiger partial charge in [-0.15, -0.1) is 0 Å². The molecule has 1 aliphatic rings. The Hall–Kier alpha value is -0.580. The normalized spacial score (nSPS) is 21.5. The lowest BCUT2D eigenvalue weighted by Gasteiger charge is -2.39. The van der Waals surface area contributed by atoms with Gasteiger partial charge in [0.25, 0.3) is 5.91 Å². The molecule has 1 aliphatic heterocycles. The maximum atomic E-state index is 12.1. The summed E-state index contributed by atoms with van der Waals surface area (Å²) in [4.78, 5) is 12.1. The number of halogens is 2. The largest absolute Gasteiger partial charge is 0.350 e. The predicted octanol–water partition coefficient (Wildman–Crippen LogP) is 3.61. The molecule has 1 unspecified atom stereocenters. The van der Waals surface area contributed by atoms with Crippen LogP contribution < -0.4 is 10.6 Å². The van der Waals surface area contributed by atoms with Gasteiger partial charge >= 0.3 is 0 Å². The summed E-state index contributed by atoms with van der Waals surface area (Å²) in [6.45, 7) is 6.15. The Morgan fingerprint density at radius 3 is 2.95 bits per heavy atom. The van der Waals surface area contributed by atoms with Crippen LogP contribution in [0.5, 0.6) is 0 Å². The third-order valence-electron chi connectivity index (χ3n) is 3.98. The van der Waals surface area contributed by atoms with Crippen LogP contribution in [0.15, 0.2) is 22.7 Å². The Kier molecular flexibility index (Phi) is 5.10. The monoisotopic (exact) mass is 358 g/mol. The quantitative estimate of drug-likeness (QED) is 0.865. The lowest BCUT2D eigenvalue weighted by molar-refractivity contribution is 0.0929. The molecule has 110 valence electrons. The minimum absolute atomic E-state index is 0.0810. The summed E-state index contributed by atoms with van der Waals surface area (Å²) < 4.78 is 0.797. The molecular weight excluding hydrogens is 340 g/mol. The molecule has 1 amide bonds. The molecule has 3 nitrogen and oxygen atoms in total. The smallest absolute Gasteiger partial charge is 0.251 e. The van der Waals surface area contributed by atoms with Gasteiger partial charge in [0.15, 0.2) is 0 Å². The van der Waals surface area contributed by atoms with Gasteiger partial charge in [-0.3, -0.25) is 4.79 Å². The molecule has 1 aromatic rings. The van der Waals surface area contributed by atoms with Crippen LogP contribution in [0.25, 0.3) is 0 Å². The summed E-state index contributed by atoms with van der Waals surface area (Å²) in [7, 11) is 0. The van der Waals surface area contributed by atoms with Crippen LogP contribution in [0.3, 0.4) is 0 Å². The van der Waals surface area contributed by atoms with Crippen LogP contribution in [0, 0.1) is 5.41 Å². The van der Waals surface area contributed by atoms with E-state index in [-0.39, 0.29) is 11.3 Å². The van der Waals surface area contributed by atoms with Crippen LogP contribution in [0.2, 0.25) is 5.02 Å². The van der Waals surface area contributed by atoms with E-state index in [1.165, 1.54) is 12.8 Å². The lowest BCUT2D eigenvalue weighted by atomic mass is 9.77. The third kappa shape index (κ3) is 3.74. The van der Waals surface area contributed by atoms with E-state index in [0.29, 0.717) is 23.2 Å². The Morgan fingerprint density at radius 2 is 2.30 bits per heavy atom. The first kappa shape index (κ1) is 15.8. The molecule has 1 fully saturated rings. The van der Waals surface area contributed by atoms with Gasteiger partial charge in [0.2, 0.25) is 0 Å². The van der Waals surface area contributed by atoms with Gasteiger partial charge < -0.3 is 10.6 Å². The van der Waals surface area contributed by atoms with E-state index in [4.69, 9.17) is 11.6 Å². The Balaban J connectivity index is 1.96. The summed E-state index contributed by atoms with van der Waals surface area (Å²) >= 11 is 9.33. The van der Waals surface area contributed by atoms with Crippen LogP contribution >= 0.6 is 27.5 Å². The van der Waals surface area contributed by atoms with E-state index in [2.05, 4.69) is 40.4 Å². The number of hydrogen-bond donors (Lipinski definition) is 2. The molecule has 0 bridgehead atoms. The zero-order chi connectivity index (χ0) is 14.8. The van der Waals surface area contributed by atoms with Crippen molar-refractivity contribution >= 4 is 33.4 Å². The highest BCUT2D eigenvalue weighted by Crippen LogP contribution is 2.29. The van der Waals surface area contributed by atoms with Crippen LogP contribution in [-0.2, 0) is 0 Å². The van der Waals surface area contributed by atoms with Crippen LogP contribution in [-0.4, -0.2) is 25.0 Å². The maximum absolute atomic E-state index is 12.1. The summed E-state index contributed by atoms with van der Waals surface area (Å²) in [6, 6.07) is 5.55. The number of hydrogen-bond acceptors (Lipinski definition) is 2. The molecule has 0 saturated carbocycles. The van der Waals surface area contributed by atoms with Crippen molar-refractivity contribution in [1.29, 1.82) is 0 Å². The van der Waals surface area contributed by atoms with Crippen molar-refractivity contribution in [2.45, 2.75) is 32.7 Å². The first-order chi connectivity index (χ1) is 9.40. The van der Waals surface area contributed by atoms with Gasteiger partial charge in [0.05, 0.1) is 5.02 Å². The maximum Gasteiger partial charge on any atom is 0.251 e. The second-order valence-electron chi connectivity index (χ2n) is 5.94. The molecule has 1 aromatic carbocycles. The molecular formula is C15H20BrClN2O. The van der Waals surface area contributed by atoms with Crippen LogP contribution in [0.4, 0.5) is 0 Å². The molecule has 1 atom stereocenters. The first-order valence-electron chi connectivity index (χ1n) is 6.87. The van der Waals surface area contributed by atoms with Crippen molar-refractivity contribution in [3.8, 4) is 0 Å². The number of amides is 1. The number of piperidine rings is 1. The zero-order valence-corrected chi connectivity index (χ0v) is 14.1. The summed E-state index contributed by atoms with van der Waals surface area (Å²) in [5.74, 6) is -0.0810. The van der Waals surface area contributed by atoms with Gasteiger partial charge in [0.1, 0.15) is 0 Å². The lowest BCUT2D eigenvalue weighted by Crippen LogP contribution is -2.52. The van der Waals surface area contributed by atoms with Crippen molar-refractivity contribution < 1.29 is 4.79 Å². The molecule has 0 aliphatic carbocycles. The van der Waals surface area contributed by atoms with Crippen LogP contribution in [0.1, 0.15) is 37.0 Å². The number of carbonyl (C=O) groups is 1. The molecule has 0 spiro atoms. The fourth-order valence-corrected chi connectivity index (χ4v) is 2.98. The highest BCUT2D eigenvalue weighted by atomic mass is 79.9. The molecule has 5 heteroatoms. The van der Waals surface area contributed by atoms with Gasteiger partial charge in [-0.2, -0.15) is 0 Å². The zero-order valence-electron chi connectivity index (χ0n) is 11.8. The fraction of sp³-hybridized carbons (Fsp3) is 0.533. The van der Waals surface area contributed by atoms with E-state index >= 15 is 0 Å². The Labute approximate surface area is 133 Å². The van der Waals surface area contributed by atoms with Gasteiger partial charge in [0, 0.05) is 22.6 Å². The van der Waals surface area contributed by atoms with E-state index < -0.39 is 0 Å². The first-order valence-corrected chi connectivity index (χ1v) is 8.04. The van der Waals surface area contributed by atoms with Crippen molar-refractivity contribution in [2.75, 3.05) is 13.1 Å². The molecule has 2 rings (SSSR count).